The molecule has 0 aromatic carbocycles. The normalized spacial score (nSPS) is 17.1. The van der Waals surface area contributed by atoms with Crippen LogP contribution in [0, 0.1) is 0 Å². The van der Waals surface area contributed by atoms with Crippen molar-refractivity contribution >= 4 is 5.95 Å². The molecule has 0 radical (unpaired) electrons. The molecule has 24 heavy (non-hydrogen) atoms. The average Bonchev–Trinajstić information content (AvgIpc) is 3.17. The van der Waals surface area contributed by atoms with Crippen LogP contribution in [0.5, 0.6) is 0 Å². The summed E-state index contributed by atoms with van der Waals surface area (Å²) in [6.45, 7) is 5.02. The van der Waals surface area contributed by atoms with Crippen LogP contribution in [-0.4, -0.2) is 46.3 Å². The molecule has 1 saturated heterocycles. The Hall–Kier alpha value is -2.12. The topological polar surface area (TPSA) is 82.0 Å². The number of anilines is 1. The molecule has 7 nitrogen and oxygen atoms in total. The molecule has 128 valence electrons. The highest BCUT2D eigenvalue weighted by atomic mass is 16.5. The van der Waals surface area contributed by atoms with Gasteiger partial charge in [0, 0.05) is 50.5 Å². The van der Waals surface area contributed by atoms with Gasteiger partial charge in [-0.1, -0.05) is 0 Å². The molecule has 0 unspecified atom stereocenters. The third-order valence-electron chi connectivity index (χ3n) is 3.84. The largest absolute Gasteiger partial charge is 0.382 e. The van der Waals surface area contributed by atoms with Crippen LogP contribution >= 0.6 is 0 Å². The first-order chi connectivity index (χ1) is 11.9. The van der Waals surface area contributed by atoms with Gasteiger partial charge in [0.1, 0.15) is 6.10 Å². The number of hydrogen-bond donors (Lipinski definition) is 1. The predicted molar refractivity (Wildman–Crippen MR) is 90.6 cm³/mol. The molecule has 0 spiro atoms. The Morgan fingerprint density at radius 3 is 3.00 bits per heavy atom. The Bertz CT molecular complexity index is 632. The molecule has 0 bridgehead atoms. The van der Waals surface area contributed by atoms with Crippen molar-refractivity contribution in [3.05, 3.63) is 30.5 Å². The number of ether oxygens (including phenoxy) is 2. The van der Waals surface area contributed by atoms with E-state index in [2.05, 4.69) is 20.3 Å². The molecular formula is C17H23N5O2. The van der Waals surface area contributed by atoms with Gasteiger partial charge in [-0.05, 0) is 26.2 Å². The molecule has 2 aromatic heterocycles. The Kier molecular flexibility index (Phi) is 6.03. The SMILES string of the molecule is CCOCCCNc1ncc(-c2cnccn2)c([C@H]2CCCO2)n1. The van der Waals surface area contributed by atoms with Gasteiger partial charge in [-0.25, -0.2) is 9.97 Å². The lowest BCUT2D eigenvalue weighted by molar-refractivity contribution is 0.109. The van der Waals surface area contributed by atoms with Crippen molar-refractivity contribution in [2.75, 3.05) is 31.7 Å². The van der Waals surface area contributed by atoms with Gasteiger partial charge in [0.2, 0.25) is 5.95 Å². The van der Waals surface area contributed by atoms with Gasteiger partial charge in [-0.3, -0.25) is 9.97 Å². The van der Waals surface area contributed by atoms with Crippen molar-refractivity contribution in [1.82, 2.24) is 19.9 Å². The van der Waals surface area contributed by atoms with Crippen LogP contribution in [0.15, 0.2) is 24.8 Å². The van der Waals surface area contributed by atoms with E-state index in [4.69, 9.17) is 14.5 Å². The van der Waals surface area contributed by atoms with Gasteiger partial charge < -0.3 is 14.8 Å². The second-order valence-electron chi connectivity index (χ2n) is 5.56. The first-order valence-corrected chi connectivity index (χ1v) is 8.45. The zero-order valence-electron chi connectivity index (χ0n) is 13.9. The van der Waals surface area contributed by atoms with E-state index in [1.165, 1.54) is 0 Å². The van der Waals surface area contributed by atoms with Crippen molar-refractivity contribution in [1.29, 1.82) is 0 Å². The Labute approximate surface area is 141 Å². The van der Waals surface area contributed by atoms with Crippen LogP contribution in [-0.2, 0) is 9.47 Å². The summed E-state index contributed by atoms with van der Waals surface area (Å²) >= 11 is 0. The number of nitrogens with zero attached hydrogens (tertiary/aromatic N) is 4. The lowest BCUT2D eigenvalue weighted by Crippen LogP contribution is -2.11. The first kappa shape index (κ1) is 16.7. The Balaban J connectivity index is 1.77. The molecule has 1 aliphatic rings. The van der Waals surface area contributed by atoms with Crippen molar-refractivity contribution in [2.45, 2.75) is 32.3 Å². The van der Waals surface area contributed by atoms with Gasteiger partial charge in [0.15, 0.2) is 0 Å². The molecule has 7 heteroatoms. The fourth-order valence-electron chi connectivity index (χ4n) is 2.67. The standard InChI is InChI=1S/C17H23N5O2/c1-2-23-9-4-6-20-17-21-11-13(14-12-18-7-8-19-14)16(22-17)15-5-3-10-24-15/h7-8,11-12,15H,2-6,9-10H2,1H3,(H,20,21,22)/t15-/m1/s1. The zero-order chi connectivity index (χ0) is 16.6. The van der Waals surface area contributed by atoms with Gasteiger partial charge in [-0.15, -0.1) is 0 Å². The number of rotatable bonds is 8. The molecule has 3 heterocycles. The summed E-state index contributed by atoms with van der Waals surface area (Å²) in [5.74, 6) is 0.615. The second-order valence-corrected chi connectivity index (χ2v) is 5.56. The first-order valence-electron chi connectivity index (χ1n) is 8.45. The summed E-state index contributed by atoms with van der Waals surface area (Å²) in [5.41, 5.74) is 2.54. The number of nitrogens with one attached hydrogen (secondary N) is 1. The molecule has 1 fully saturated rings. The van der Waals surface area contributed by atoms with Crippen LogP contribution in [0.4, 0.5) is 5.95 Å². The molecule has 1 atom stereocenters. The molecule has 1 N–H and O–H groups in total. The lowest BCUT2D eigenvalue weighted by Gasteiger charge is -2.15. The van der Waals surface area contributed by atoms with Gasteiger partial charge in [0.25, 0.3) is 0 Å². The Morgan fingerprint density at radius 2 is 2.25 bits per heavy atom. The molecular weight excluding hydrogens is 306 g/mol. The van der Waals surface area contributed by atoms with E-state index in [0.717, 1.165) is 62.6 Å². The quantitative estimate of drug-likeness (QED) is 0.745. The van der Waals surface area contributed by atoms with Gasteiger partial charge in [-0.2, -0.15) is 0 Å². The van der Waals surface area contributed by atoms with Crippen molar-refractivity contribution in [2.24, 2.45) is 0 Å². The van der Waals surface area contributed by atoms with E-state index in [-0.39, 0.29) is 6.10 Å². The lowest BCUT2D eigenvalue weighted by atomic mass is 10.1. The zero-order valence-corrected chi connectivity index (χ0v) is 13.9. The molecule has 0 saturated carbocycles. The van der Waals surface area contributed by atoms with E-state index in [0.29, 0.717) is 5.95 Å². The molecule has 2 aromatic rings. The predicted octanol–water partition coefficient (Wildman–Crippen LogP) is 2.62. The summed E-state index contributed by atoms with van der Waals surface area (Å²) in [6, 6.07) is 0. The fraction of sp³-hybridized carbons (Fsp3) is 0.529. The van der Waals surface area contributed by atoms with E-state index in [1.54, 1.807) is 24.8 Å². The maximum atomic E-state index is 5.83. The smallest absolute Gasteiger partial charge is 0.222 e. The van der Waals surface area contributed by atoms with E-state index < -0.39 is 0 Å². The highest BCUT2D eigenvalue weighted by Gasteiger charge is 2.24. The number of aromatic nitrogens is 4. The summed E-state index contributed by atoms with van der Waals surface area (Å²) in [5, 5.41) is 3.25. The van der Waals surface area contributed by atoms with Crippen molar-refractivity contribution in [3.8, 4) is 11.3 Å². The molecule has 3 rings (SSSR count). The summed E-state index contributed by atoms with van der Waals surface area (Å²) in [4.78, 5) is 17.6. The summed E-state index contributed by atoms with van der Waals surface area (Å²) in [7, 11) is 0. The third kappa shape index (κ3) is 4.24. The highest BCUT2D eigenvalue weighted by Crippen LogP contribution is 2.33. The van der Waals surface area contributed by atoms with Gasteiger partial charge in [0.05, 0.1) is 17.6 Å². The number of hydrogen-bond acceptors (Lipinski definition) is 7. The van der Waals surface area contributed by atoms with Crippen LogP contribution in [0.2, 0.25) is 0 Å². The van der Waals surface area contributed by atoms with E-state index in [1.807, 2.05) is 6.92 Å². The fourth-order valence-corrected chi connectivity index (χ4v) is 2.67. The van der Waals surface area contributed by atoms with Gasteiger partial charge >= 0.3 is 0 Å². The van der Waals surface area contributed by atoms with Crippen molar-refractivity contribution in [3.63, 3.8) is 0 Å². The molecule has 0 aliphatic carbocycles. The highest BCUT2D eigenvalue weighted by molar-refractivity contribution is 5.61. The van der Waals surface area contributed by atoms with E-state index >= 15 is 0 Å². The van der Waals surface area contributed by atoms with Crippen LogP contribution in [0.1, 0.15) is 38.0 Å². The minimum atomic E-state index is -0.00557. The second kappa shape index (κ2) is 8.65. The van der Waals surface area contributed by atoms with Crippen LogP contribution in [0.3, 0.4) is 0 Å². The minimum absolute atomic E-state index is 0.00557. The maximum absolute atomic E-state index is 5.83. The Morgan fingerprint density at radius 1 is 1.29 bits per heavy atom. The molecule has 0 amide bonds. The van der Waals surface area contributed by atoms with E-state index in [9.17, 15) is 0 Å². The van der Waals surface area contributed by atoms with Crippen molar-refractivity contribution < 1.29 is 9.47 Å². The third-order valence-corrected chi connectivity index (χ3v) is 3.84. The average molecular weight is 329 g/mol. The maximum Gasteiger partial charge on any atom is 0.222 e. The summed E-state index contributed by atoms with van der Waals surface area (Å²) < 4.78 is 11.2. The van der Waals surface area contributed by atoms with Crippen LogP contribution in [0.25, 0.3) is 11.3 Å². The minimum Gasteiger partial charge on any atom is -0.382 e. The monoisotopic (exact) mass is 329 g/mol. The summed E-state index contributed by atoms with van der Waals surface area (Å²) in [6.07, 6.45) is 9.79. The van der Waals surface area contributed by atoms with Crippen LogP contribution < -0.4 is 5.32 Å². The molecule has 1 aliphatic heterocycles.